The monoisotopic (exact) mass is 343 g/mol. The van der Waals surface area contributed by atoms with Crippen molar-refractivity contribution >= 4 is 22.8 Å². The molecule has 1 amide bonds. The first-order valence-corrected chi connectivity index (χ1v) is 8.27. The molecule has 0 atom stereocenters. The fraction of sp³-hybridized carbons (Fsp3) is 0.0500. The van der Waals surface area contributed by atoms with E-state index in [4.69, 9.17) is 0 Å². The van der Waals surface area contributed by atoms with Crippen LogP contribution in [-0.4, -0.2) is 20.4 Å². The number of benzene rings is 2. The van der Waals surface area contributed by atoms with E-state index in [9.17, 15) is 4.79 Å². The zero-order chi connectivity index (χ0) is 17.8. The zero-order valence-electron chi connectivity index (χ0n) is 14.0. The van der Waals surface area contributed by atoms with Gasteiger partial charge in [0, 0.05) is 29.0 Å². The smallest absolute Gasteiger partial charge is 0.258 e. The molecule has 6 heteroatoms. The molecule has 4 rings (SSSR count). The van der Waals surface area contributed by atoms with Crippen molar-refractivity contribution in [3.63, 3.8) is 0 Å². The number of rotatable bonds is 5. The molecule has 2 aromatic heterocycles. The number of para-hydroxylation sites is 1. The molecule has 2 aromatic carbocycles. The van der Waals surface area contributed by atoms with Gasteiger partial charge in [-0.3, -0.25) is 15.6 Å². The Morgan fingerprint density at radius 2 is 1.65 bits per heavy atom. The highest BCUT2D eigenvalue weighted by Gasteiger charge is 2.13. The summed E-state index contributed by atoms with van der Waals surface area (Å²) in [6.07, 6.45) is 3.21. The SMILES string of the molecule is O=C(Cn1c(-c2ccccc2)cc2ccccc21)NNc1ncccn1. The third-order valence-corrected chi connectivity index (χ3v) is 4.06. The third kappa shape index (κ3) is 3.25. The average molecular weight is 343 g/mol. The Labute approximate surface area is 150 Å². The first-order chi connectivity index (χ1) is 12.8. The molecule has 0 aliphatic rings. The van der Waals surface area contributed by atoms with E-state index in [1.165, 1.54) is 0 Å². The van der Waals surface area contributed by atoms with Gasteiger partial charge >= 0.3 is 0 Å². The quantitative estimate of drug-likeness (QED) is 0.546. The van der Waals surface area contributed by atoms with Crippen LogP contribution >= 0.6 is 0 Å². The maximum Gasteiger partial charge on any atom is 0.258 e. The number of anilines is 1. The molecule has 0 saturated heterocycles. The topological polar surface area (TPSA) is 71.8 Å². The van der Waals surface area contributed by atoms with Crippen molar-refractivity contribution in [1.82, 2.24) is 20.0 Å². The van der Waals surface area contributed by atoms with Gasteiger partial charge in [-0.05, 0) is 23.8 Å². The molecule has 128 valence electrons. The lowest BCUT2D eigenvalue weighted by Gasteiger charge is -2.12. The van der Waals surface area contributed by atoms with Gasteiger partial charge in [0.25, 0.3) is 5.91 Å². The maximum atomic E-state index is 12.5. The van der Waals surface area contributed by atoms with Crippen molar-refractivity contribution in [1.29, 1.82) is 0 Å². The number of hydrogen-bond acceptors (Lipinski definition) is 4. The second kappa shape index (κ2) is 7.06. The fourth-order valence-electron chi connectivity index (χ4n) is 2.90. The standard InChI is InChI=1S/C20H17N5O/c26-19(23-24-20-21-11-6-12-22-20)14-25-17-10-5-4-9-16(17)13-18(25)15-7-2-1-3-8-15/h1-13H,14H2,(H,23,26)(H,21,22,24). The minimum Gasteiger partial charge on any atom is -0.331 e. The van der Waals surface area contributed by atoms with Crippen LogP contribution in [0.4, 0.5) is 5.95 Å². The summed E-state index contributed by atoms with van der Waals surface area (Å²) < 4.78 is 2.01. The van der Waals surface area contributed by atoms with E-state index in [0.29, 0.717) is 5.95 Å². The van der Waals surface area contributed by atoms with Crippen LogP contribution < -0.4 is 10.9 Å². The fourth-order valence-corrected chi connectivity index (χ4v) is 2.90. The number of hydrogen-bond donors (Lipinski definition) is 2. The number of hydrazine groups is 1. The largest absolute Gasteiger partial charge is 0.331 e. The lowest BCUT2D eigenvalue weighted by molar-refractivity contribution is -0.121. The molecule has 2 heterocycles. The van der Waals surface area contributed by atoms with E-state index in [0.717, 1.165) is 22.2 Å². The van der Waals surface area contributed by atoms with Crippen molar-refractivity contribution in [2.75, 3.05) is 5.43 Å². The summed E-state index contributed by atoms with van der Waals surface area (Å²) in [6.45, 7) is 0.178. The summed E-state index contributed by atoms with van der Waals surface area (Å²) >= 11 is 0. The van der Waals surface area contributed by atoms with Gasteiger partial charge in [-0.25, -0.2) is 9.97 Å². The van der Waals surface area contributed by atoms with Crippen LogP contribution in [0.15, 0.2) is 79.1 Å². The second-order valence-corrected chi connectivity index (χ2v) is 5.79. The van der Waals surface area contributed by atoms with Gasteiger partial charge in [-0.1, -0.05) is 48.5 Å². The lowest BCUT2D eigenvalue weighted by Crippen LogP contribution is -2.33. The van der Waals surface area contributed by atoms with Crippen molar-refractivity contribution in [2.45, 2.75) is 6.54 Å². The first-order valence-electron chi connectivity index (χ1n) is 8.27. The predicted octanol–water partition coefficient (Wildman–Crippen LogP) is 3.24. The van der Waals surface area contributed by atoms with E-state index in [2.05, 4.69) is 26.9 Å². The number of fused-ring (bicyclic) bond motifs is 1. The molecule has 6 nitrogen and oxygen atoms in total. The highest BCUT2D eigenvalue weighted by Crippen LogP contribution is 2.28. The van der Waals surface area contributed by atoms with Crippen molar-refractivity contribution in [3.8, 4) is 11.3 Å². The van der Waals surface area contributed by atoms with E-state index in [1.807, 2.05) is 59.2 Å². The minimum atomic E-state index is -0.184. The highest BCUT2D eigenvalue weighted by atomic mass is 16.2. The Bertz CT molecular complexity index is 1030. The van der Waals surface area contributed by atoms with Gasteiger partial charge in [0.15, 0.2) is 0 Å². The van der Waals surface area contributed by atoms with Crippen LogP contribution in [0, 0.1) is 0 Å². The molecule has 0 saturated carbocycles. The van der Waals surface area contributed by atoms with Crippen LogP contribution in [0.3, 0.4) is 0 Å². The average Bonchev–Trinajstić information content (AvgIpc) is 3.06. The third-order valence-electron chi connectivity index (χ3n) is 4.06. The minimum absolute atomic E-state index is 0.178. The second-order valence-electron chi connectivity index (χ2n) is 5.79. The number of aromatic nitrogens is 3. The Kier molecular flexibility index (Phi) is 4.30. The van der Waals surface area contributed by atoms with Crippen molar-refractivity contribution in [2.24, 2.45) is 0 Å². The van der Waals surface area contributed by atoms with Crippen molar-refractivity contribution in [3.05, 3.63) is 79.1 Å². The van der Waals surface area contributed by atoms with Crippen LogP contribution in [0.25, 0.3) is 22.2 Å². The molecule has 0 bridgehead atoms. The molecule has 0 aliphatic carbocycles. The first kappa shape index (κ1) is 15.8. The zero-order valence-corrected chi connectivity index (χ0v) is 14.0. The van der Waals surface area contributed by atoms with Gasteiger partial charge in [-0.2, -0.15) is 0 Å². The van der Waals surface area contributed by atoms with Crippen LogP contribution in [0.1, 0.15) is 0 Å². The summed E-state index contributed by atoms with van der Waals surface area (Å²) in [5.74, 6) is 0.164. The number of carbonyl (C=O) groups is 1. The number of nitrogens with one attached hydrogen (secondary N) is 2. The lowest BCUT2D eigenvalue weighted by atomic mass is 10.1. The summed E-state index contributed by atoms with van der Waals surface area (Å²) in [7, 11) is 0. The van der Waals surface area contributed by atoms with Crippen LogP contribution in [0.5, 0.6) is 0 Å². The Hall–Kier alpha value is -3.67. The summed E-state index contributed by atoms with van der Waals surface area (Å²) in [4.78, 5) is 20.5. The van der Waals surface area contributed by atoms with E-state index in [1.54, 1.807) is 18.5 Å². The molecule has 4 aromatic rings. The predicted molar refractivity (Wildman–Crippen MR) is 101 cm³/mol. The maximum absolute atomic E-state index is 12.5. The number of carbonyl (C=O) groups excluding carboxylic acids is 1. The Morgan fingerprint density at radius 3 is 2.46 bits per heavy atom. The molecule has 0 aliphatic heterocycles. The van der Waals surface area contributed by atoms with Gasteiger partial charge in [-0.15, -0.1) is 0 Å². The molecule has 0 fully saturated rings. The molecule has 26 heavy (non-hydrogen) atoms. The highest BCUT2D eigenvalue weighted by molar-refractivity contribution is 5.89. The molecule has 2 N–H and O–H groups in total. The van der Waals surface area contributed by atoms with E-state index in [-0.39, 0.29) is 12.5 Å². The van der Waals surface area contributed by atoms with Gasteiger partial charge in [0.2, 0.25) is 5.95 Å². The molecule has 0 radical (unpaired) electrons. The Morgan fingerprint density at radius 1 is 0.923 bits per heavy atom. The molecular weight excluding hydrogens is 326 g/mol. The van der Waals surface area contributed by atoms with Crippen LogP contribution in [-0.2, 0) is 11.3 Å². The number of amides is 1. The summed E-state index contributed by atoms with van der Waals surface area (Å²) in [6, 6.07) is 21.9. The van der Waals surface area contributed by atoms with E-state index >= 15 is 0 Å². The van der Waals surface area contributed by atoms with Crippen molar-refractivity contribution < 1.29 is 4.79 Å². The number of nitrogens with zero attached hydrogens (tertiary/aromatic N) is 3. The summed E-state index contributed by atoms with van der Waals surface area (Å²) in [5.41, 5.74) is 8.45. The molecular formula is C20H17N5O. The van der Waals surface area contributed by atoms with E-state index < -0.39 is 0 Å². The Balaban J connectivity index is 1.61. The molecule has 0 spiro atoms. The van der Waals surface area contributed by atoms with Gasteiger partial charge in [0.1, 0.15) is 6.54 Å². The normalized spacial score (nSPS) is 10.6. The summed E-state index contributed by atoms with van der Waals surface area (Å²) in [5, 5.41) is 1.10. The van der Waals surface area contributed by atoms with Gasteiger partial charge < -0.3 is 4.57 Å². The molecule has 0 unspecified atom stereocenters. The van der Waals surface area contributed by atoms with Crippen LogP contribution in [0.2, 0.25) is 0 Å². The van der Waals surface area contributed by atoms with Gasteiger partial charge in [0.05, 0.1) is 0 Å².